The summed E-state index contributed by atoms with van der Waals surface area (Å²) in [6, 6.07) is 9.04. The van der Waals surface area contributed by atoms with E-state index in [1.54, 1.807) is 7.05 Å². The summed E-state index contributed by atoms with van der Waals surface area (Å²) in [6.45, 7) is 2.03. The Labute approximate surface area is 97.4 Å². The molecular formula is C10H9N3W. The van der Waals surface area contributed by atoms with Crippen LogP contribution in [0.2, 0.25) is 0 Å². The number of benzene rings is 1. The molecule has 0 amide bonds. The third-order valence-electron chi connectivity index (χ3n) is 1.77. The van der Waals surface area contributed by atoms with Crippen molar-refractivity contribution in [3.63, 3.8) is 0 Å². The van der Waals surface area contributed by atoms with Crippen molar-refractivity contribution >= 4 is 0 Å². The first kappa shape index (κ1) is 11.1. The van der Waals surface area contributed by atoms with Gasteiger partial charge in [-0.3, -0.25) is 10.7 Å². The van der Waals surface area contributed by atoms with Gasteiger partial charge in [-0.05, 0) is 0 Å². The predicted molar refractivity (Wildman–Crippen MR) is 48.8 cm³/mol. The van der Waals surface area contributed by atoms with E-state index in [0.29, 0.717) is 0 Å². The Morgan fingerprint density at radius 3 is 2.64 bits per heavy atom. The van der Waals surface area contributed by atoms with Crippen molar-refractivity contribution in [2.75, 3.05) is 0 Å². The quantitative estimate of drug-likeness (QED) is 0.724. The number of aryl methyl sites for hydroxylation is 2. The van der Waals surface area contributed by atoms with Crippen molar-refractivity contribution in [3.8, 4) is 11.3 Å². The molecule has 0 saturated heterocycles. The van der Waals surface area contributed by atoms with Gasteiger partial charge in [-0.15, -0.1) is 17.5 Å². The van der Waals surface area contributed by atoms with Crippen molar-refractivity contribution in [1.29, 1.82) is 0 Å². The van der Waals surface area contributed by atoms with Gasteiger partial charge >= 0.3 is 21.1 Å². The van der Waals surface area contributed by atoms with Crippen LogP contribution in [0, 0.1) is 19.2 Å². The van der Waals surface area contributed by atoms with Gasteiger partial charge in [0.25, 0.3) is 0 Å². The Morgan fingerprint density at radius 2 is 2.14 bits per heavy atom. The fraction of sp³-hybridized carbons (Fsp3) is 0.200. The summed E-state index contributed by atoms with van der Waals surface area (Å²) in [6.07, 6.45) is 2.81. The van der Waals surface area contributed by atoms with E-state index in [4.69, 9.17) is 0 Å². The Morgan fingerprint density at radius 1 is 1.36 bits per heavy atom. The summed E-state index contributed by atoms with van der Waals surface area (Å²) in [7, 11) is 1.77. The van der Waals surface area contributed by atoms with E-state index in [0.717, 1.165) is 11.3 Å². The fourth-order valence-electron chi connectivity index (χ4n) is 1.07. The summed E-state index contributed by atoms with van der Waals surface area (Å²) in [5, 5.41) is 8.01. The van der Waals surface area contributed by atoms with Crippen LogP contribution >= 0.6 is 0 Å². The maximum atomic E-state index is 4.13. The van der Waals surface area contributed by atoms with E-state index in [1.807, 2.05) is 25.1 Å². The molecule has 4 heteroatoms. The van der Waals surface area contributed by atoms with E-state index in [2.05, 4.69) is 22.5 Å². The Balaban J connectivity index is 0.000000980. The maximum Gasteiger partial charge on any atom is 2.00 e. The van der Waals surface area contributed by atoms with Gasteiger partial charge in [-0.1, -0.05) is 6.92 Å². The van der Waals surface area contributed by atoms with E-state index in [1.165, 1.54) is 10.4 Å². The second kappa shape index (κ2) is 4.51. The van der Waals surface area contributed by atoms with Gasteiger partial charge in [0.2, 0.25) is 0 Å². The number of rotatable bonds is 1. The van der Waals surface area contributed by atoms with Gasteiger partial charge in [0.1, 0.15) is 0 Å². The van der Waals surface area contributed by atoms with Gasteiger partial charge < -0.3 is 0 Å². The zero-order chi connectivity index (χ0) is 9.26. The molecule has 2 rings (SSSR count). The van der Waals surface area contributed by atoms with Crippen molar-refractivity contribution < 1.29 is 21.1 Å². The molecule has 70 valence electrons. The maximum absolute atomic E-state index is 4.13. The van der Waals surface area contributed by atoms with Crippen molar-refractivity contribution in [3.05, 3.63) is 36.0 Å². The van der Waals surface area contributed by atoms with E-state index in [-0.39, 0.29) is 21.1 Å². The largest absolute Gasteiger partial charge is 2.00 e. The van der Waals surface area contributed by atoms with Crippen molar-refractivity contribution in [2.24, 2.45) is 7.05 Å². The Hall–Kier alpha value is -0.952. The number of hydrogen-bond acceptors (Lipinski definition) is 2. The summed E-state index contributed by atoms with van der Waals surface area (Å²) < 4.78 is 0. The van der Waals surface area contributed by atoms with Crippen molar-refractivity contribution in [1.82, 2.24) is 15.0 Å². The SMILES string of the molecule is Cc1c[c-]c(-c2[c-]nn(C)n2)cc1.[W+2]. The molecule has 1 heterocycles. The van der Waals surface area contributed by atoms with Crippen LogP contribution < -0.4 is 0 Å². The van der Waals surface area contributed by atoms with Crippen molar-refractivity contribution in [2.45, 2.75) is 6.92 Å². The Kier molecular flexibility index (Phi) is 3.59. The zero-order valence-corrected chi connectivity index (χ0v) is 10.9. The fourth-order valence-corrected chi connectivity index (χ4v) is 1.07. The summed E-state index contributed by atoms with van der Waals surface area (Å²) in [4.78, 5) is 1.49. The molecular weight excluding hydrogens is 346 g/mol. The minimum atomic E-state index is 0. The van der Waals surface area contributed by atoms with E-state index in [9.17, 15) is 0 Å². The molecule has 0 aliphatic rings. The van der Waals surface area contributed by atoms with Crippen LogP contribution in [0.1, 0.15) is 5.56 Å². The molecule has 2 aromatic rings. The third kappa shape index (κ3) is 2.29. The molecule has 0 aliphatic carbocycles. The molecule has 0 spiro atoms. The second-order valence-corrected chi connectivity index (χ2v) is 2.93. The Bertz CT molecular complexity index is 406. The third-order valence-corrected chi connectivity index (χ3v) is 1.77. The van der Waals surface area contributed by atoms with Gasteiger partial charge in [-0.25, -0.2) is 22.0 Å². The smallest absolute Gasteiger partial charge is 0.280 e. The molecule has 0 N–H and O–H groups in total. The van der Waals surface area contributed by atoms with E-state index < -0.39 is 0 Å². The summed E-state index contributed by atoms with van der Waals surface area (Å²) >= 11 is 0. The molecule has 14 heavy (non-hydrogen) atoms. The molecule has 1 aromatic carbocycles. The molecule has 0 atom stereocenters. The van der Waals surface area contributed by atoms with Crippen LogP contribution in [-0.4, -0.2) is 15.0 Å². The predicted octanol–water partition coefficient (Wildman–Crippen LogP) is 1.39. The average molecular weight is 355 g/mol. The second-order valence-electron chi connectivity index (χ2n) is 2.93. The number of aromatic nitrogens is 3. The molecule has 0 aliphatic heterocycles. The zero-order valence-electron chi connectivity index (χ0n) is 7.98. The van der Waals surface area contributed by atoms with Gasteiger partial charge in [0, 0.05) is 7.05 Å². The summed E-state index contributed by atoms with van der Waals surface area (Å²) in [5.41, 5.74) is 2.86. The summed E-state index contributed by atoms with van der Waals surface area (Å²) in [5.74, 6) is 0. The van der Waals surface area contributed by atoms with Crippen LogP contribution in [0.25, 0.3) is 11.3 Å². The first-order valence-electron chi connectivity index (χ1n) is 4.03. The topological polar surface area (TPSA) is 30.7 Å². The van der Waals surface area contributed by atoms with Crippen LogP contribution in [0.4, 0.5) is 0 Å². The van der Waals surface area contributed by atoms with Gasteiger partial charge in [0.05, 0.1) is 0 Å². The number of hydrogen-bond donors (Lipinski definition) is 0. The van der Waals surface area contributed by atoms with Gasteiger partial charge in [0.15, 0.2) is 0 Å². The molecule has 0 saturated carbocycles. The standard InChI is InChI=1S/C10H9N3.W/c1-8-3-5-9(6-4-8)10-7-11-13(2)12-10;/h3-5H,1-2H3;/q-2;+2. The molecule has 0 fully saturated rings. The monoisotopic (exact) mass is 355 g/mol. The van der Waals surface area contributed by atoms with Crippen LogP contribution in [0.3, 0.4) is 0 Å². The van der Waals surface area contributed by atoms with Crippen LogP contribution in [-0.2, 0) is 28.1 Å². The minimum absolute atomic E-state index is 0. The molecule has 0 bridgehead atoms. The first-order chi connectivity index (χ1) is 6.25. The van der Waals surface area contributed by atoms with Gasteiger partial charge in [-0.2, -0.15) is 12.1 Å². The average Bonchev–Trinajstić information content (AvgIpc) is 2.53. The van der Waals surface area contributed by atoms with E-state index >= 15 is 0 Å². The van der Waals surface area contributed by atoms with Crippen LogP contribution in [0.5, 0.6) is 0 Å². The molecule has 1 aromatic heterocycles. The molecule has 3 nitrogen and oxygen atoms in total. The molecule has 0 unspecified atom stereocenters. The minimum Gasteiger partial charge on any atom is -0.280 e. The normalized spacial score (nSPS) is 9.57. The molecule has 0 radical (unpaired) electrons. The number of nitrogens with zero attached hydrogens (tertiary/aromatic N) is 3. The van der Waals surface area contributed by atoms with Crippen LogP contribution in [0.15, 0.2) is 18.2 Å². The first-order valence-corrected chi connectivity index (χ1v) is 4.03.